The molecule has 0 unspecified atom stereocenters. The lowest BCUT2D eigenvalue weighted by atomic mass is 9.80. The number of halogens is 3. The number of amides is 1. The summed E-state index contributed by atoms with van der Waals surface area (Å²) in [6, 6.07) is 4.66. The number of anilines is 1. The van der Waals surface area contributed by atoms with E-state index in [1.165, 1.54) is 12.1 Å². The molecule has 2 saturated carbocycles. The number of hydrogen-bond acceptors (Lipinski definition) is 6. The lowest BCUT2D eigenvalue weighted by Crippen LogP contribution is -2.37. The van der Waals surface area contributed by atoms with Gasteiger partial charge in [-0.05, 0) is 56.2 Å². The average molecular weight is 545 g/mol. The van der Waals surface area contributed by atoms with Crippen molar-refractivity contribution in [3.8, 4) is 0 Å². The van der Waals surface area contributed by atoms with E-state index in [9.17, 15) is 27.9 Å². The zero-order valence-electron chi connectivity index (χ0n) is 21.6. The number of carboxylic acid groups (broad SMARTS) is 1. The highest BCUT2D eigenvalue weighted by Crippen LogP contribution is 2.33. The van der Waals surface area contributed by atoms with Crippen molar-refractivity contribution in [3.63, 3.8) is 0 Å². The number of nitrogens with zero attached hydrogens (tertiary/aromatic N) is 4. The number of hydrogen-bond donors (Lipinski definition) is 3. The zero-order chi connectivity index (χ0) is 27.7. The molecule has 2 aliphatic rings. The minimum Gasteiger partial charge on any atom is -0.475 e. The molecular weight excluding hydrogens is 513 g/mol. The van der Waals surface area contributed by atoms with Crippen molar-refractivity contribution in [1.82, 2.24) is 24.8 Å². The molecule has 2 aliphatic carbocycles. The lowest BCUT2D eigenvalue weighted by molar-refractivity contribution is -0.137. The molecule has 39 heavy (non-hydrogen) atoms. The van der Waals surface area contributed by atoms with E-state index < -0.39 is 29.4 Å². The number of benzene rings is 1. The van der Waals surface area contributed by atoms with Gasteiger partial charge in [-0.2, -0.15) is 13.2 Å². The van der Waals surface area contributed by atoms with Gasteiger partial charge < -0.3 is 20.3 Å². The van der Waals surface area contributed by atoms with E-state index in [2.05, 4.69) is 25.6 Å². The maximum absolute atomic E-state index is 13.5. The van der Waals surface area contributed by atoms with Crippen LogP contribution in [-0.2, 0) is 12.7 Å². The third-order valence-corrected chi connectivity index (χ3v) is 7.78. The summed E-state index contributed by atoms with van der Waals surface area (Å²) in [6.07, 6.45) is 3.54. The first-order valence-electron chi connectivity index (χ1n) is 13.3. The number of carbonyl (C=O) groups is 2. The van der Waals surface area contributed by atoms with Crippen LogP contribution in [0.25, 0.3) is 11.2 Å². The average Bonchev–Trinajstić information content (AvgIpc) is 3.22. The number of carbonyl (C=O) groups excluding carboxylic acids is 1. The summed E-state index contributed by atoms with van der Waals surface area (Å²) in [6.45, 7) is 2.01. The number of nitrogens with one attached hydrogen (secondary N) is 2. The predicted octanol–water partition coefficient (Wildman–Crippen LogP) is 5.25. The fraction of sp³-hybridized carbons (Fsp3) is 0.519. The van der Waals surface area contributed by atoms with Gasteiger partial charge >= 0.3 is 12.1 Å². The van der Waals surface area contributed by atoms with Crippen molar-refractivity contribution in [2.24, 2.45) is 5.92 Å². The second kappa shape index (κ2) is 10.8. The maximum Gasteiger partial charge on any atom is 0.416 e. The smallest absolute Gasteiger partial charge is 0.416 e. The molecule has 2 aromatic heterocycles. The Morgan fingerprint density at radius 2 is 1.72 bits per heavy atom. The van der Waals surface area contributed by atoms with E-state index in [0.717, 1.165) is 63.5 Å². The van der Waals surface area contributed by atoms with Crippen LogP contribution in [0.15, 0.2) is 24.3 Å². The number of aromatic nitrogens is 4. The first-order chi connectivity index (χ1) is 18.6. The van der Waals surface area contributed by atoms with Crippen molar-refractivity contribution >= 4 is 28.9 Å². The van der Waals surface area contributed by atoms with Crippen LogP contribution in [0, 0.1) is 5.92 Å². The van der Waals surface area contributed by atoms with Gasteiger partial charge in [-0.15, -0.1) is 0 Å². The fourth-order valence-electron chi connectivity index (χ4n) is 5.31. The molecular formula is C27H31F3N6O3. The summed E-state index contributed by atoms with van der Waals surface area (Å²) >= 11 is 0. The molecule has 1 atom stereocenters. The maximum atomic E-state index is 13.5. The molecule has 2 heterocycles. The molecule has 12 heteroatoms. The molecule has 0 radical (unpaired) electrons. The first-order valence-corrected chi connectivity index (χ1v) is 13.3. The Morgan fingerprint density at radius 3 is 2.31 bits per heavy atom. The number of carboxylic acids is 1. The summed E-state index contributed by atoms with van der Waals surface area (Å²) in [5.74, 6) is -1.60. The van der Waals surface area contributed by atoms with Crippen LogP contribution in [0.5, 0.6) is 0 Å². The SMILES string of the molecule is C[C@@H](Nc1nc(C(=O)O)nc2nc(C(=O)NC3CCCCC3)n(Cc3ccc(C(F)(F)F)cc3)c12)C1CCC1. The van der Waals surface area contributed by atoms with Crippen LogP contribution in [0.1, 0.15) is 90.7 Å². The number of rotatable bonds is 8. The predicted molar refractivity (Wildman–Crippen MR) is 138 cm³/mol. The summed E-state index contributed by atoms with van der Waals surface area (Å²) < 4.78 is 41.0. The minimum absolute atomic E-state index is 0.00616. The first kappa shape index (κ1) is 26.9. The second-order valence-electron chi connectivity index (χ2n) is 10.5. The standard InChI is InChI=1S/C27H31F3N6O3/c1-15(17-6-5-7-17)31-21-20-22(34-23(33-21)26(38)39)35-24(25(37)32-19-8-3-2-4-9-19)36(20)14-16-10-12-18(13-11-16)27(28,29)30/h10-13,15,17,19H,2-9,14H2,1H3,(H,32,37)(H,38,39)(H,31,33,34)/t15-/m1/s1. The number of aromatic carboxylic acids is 1. The Balaban J connectivity index is 1.59. The molecule has 0 bridgehead atoms. The van der Waals surface area contributed by atoms with Gasteiger partial charge in [0.2, 0.25) is 11.6 Å². The molecule has 5 rings (SSSR count). The molecule has 1 aromatic carbocycles. The van der Waals surface area contributed by atoms with Crippen LogP contribution in [0.4, 0.5) is 19.0 Å². The highest BCUT2D eigenvalue weighted by Gasteiger charge is 2.31. The number of alkyl halides is 3. The third-order valence-electron chi connectivity index (χ3n) is 7.78. The number of imidazole rings is 1. The lowest BCUT2D eigenvalue weighted by Gasteiger charge is -2.32. The zero-order valence-corrected chi connectivity index (χ0v) is 21.6. The van der Waals surface area contributed by atoms with Crippen LogP contribution in [0.3, 0.4) is 0 Å². The molecule has 2 fully saturated rings. The van der Waals surface area contributed by atoms with Crippen LogP contribution in [-0.4, -0.2) is 48.6 Å². The van der Waals surface area contributed by atoms with E-state index in [4.69, 9.17) is 0 Å². The fourth-order valence-corrected chi connectivity index (χ4v) is 5.31. The van der Waals surface area contributed by atoms with E-state index in [0.29, 0.717) is 17.0 Å². The quantitative estimate of drug-likeness (QED) is 0.354. The molecule has 3 aromatic rings. The number of fused-ring (bicyclic) bond motifs is 1. The van der Waals surface area contributed by atoms with Crippen molar-refractivity contribution in [2.75, 3.05) is 5.32 Å². The van der Waals surface area contributed by atoms with Crippen molar-refractivity contribution in [3.05, 3.63) is 47.0 Å². The van der Waals surface area contributed by atoms with Gasteiger partial charge in [-0.1, -0.05) is 37.8 Å². The molecule has 3 N–H and O–H groups in total. The Kier molecular flexibility index (Phi) is 7.46. The summed E-state index contributed by atoms with van der Waals surface area (Å²) in [5, 5.41) is 16.0. The molecule has 9 nitrogen and oxygen atoms in total. The Morgan fingerprint density at radius 1 is 1.03 bits per heavy atom. The minimum atomic E-state index is -4.47. The Bertz CT molecular complexity index is 1360. The van der Waals surface area contributed by atoms with Crippen LogP contribution >= 0.6 is 0 Å². The normalized spacial score (nSPS) is 17.5. The van der Waals surface area contributed by atoms with Gasteiger partial charge in [0.1, 0.15) is 5.52 Å². The highest BCUT2D eigenvalue weighted by molar-refractivity contribution is 5.97. The highest BCUT2D eigenvalue weighted by atomic mass is 19.4. The topological polar surface area (TPSA) is 122 Å². The summed E-state index contributed by atoms with van der Waals surface area (Å²) in [5.41, 5.74) is 0.101. The second-order valence-corrected chi connectivity index (χ2v) is 10.5. The Labute approximate surface area is 223 Å². The van der Waals surface area contributed by atoms with E-state index in [1.54, 1.807) is 4.57 Å². The van der Waals surface area contributed by atoms with Gasteiger partial charge in [0.25, 0.3) is 5.91 Å². The van der Waals surface area contributed by atoms with Gasteiger partial charge in [0.05, 0.1) is 12.1 Å². The van der Waals surface area contributed by atoms with Gasteiger partial charge in [0.15, 0.2) is 11.5 Å². The molecule has 0 saturated heterocycles. The van der Waals surface area contributed by atoms with Crippen molar-refractivity contribution < 1.29 is 27.9 Å². The summed E-state index contributed by atoms with van der Waals surface area (Å²) in [7, 11) is 0. The Hall–Kier alpha value is -3.70. The van der Waals surface area contributed by atoms with Crippen LogP contribution in [0.2, 0.25) is 0 Å². The van der Waals surface area contributed by atoms with Crippen LogP contribution < -0.4 is 10.6 Å². The molecule has 0 aliphatic heterocycles. The van der Waals surface area contributed by atoms with E-state index in [-0.39, 0.29) is 35.9 Å². The molecule has 208 valence electrons. The van der Waals surface area contributed by atoms with Gasteiger partial charge in [0, 0.05) is 12.1 Å². The van der Waals surface area contributed by atoms with Gasteiger partial charge in [-0.25, -0.2) is 19.7 Å². The third kappa shape index (κ3) is 5.84. The molecule has 1 amide bonds. The van der Waals surface area contributed by atoms with E-state index in [1.807, 2.05) is 6.92 Å². The van der Waals surface area contributed by atoms with E-state index >= 15 is 0 Å². The van der Waals surface area contributed by atoms with Crippen molar-refractivity contribution in [2.45, 2.75) is 83.1 Å². The van der Waals surface area contributed by atoms with Crippen molar-refractivity contribution in [1.29, 1.82) is 0 Å². The molecule has 0 spiro atoms. The van der Waals surface area contributed by atoms with Gasteiger partial charge in [-0.3, -0.25) is 4.79 Å². The largest absolute Gasteiger partial charge is 0.475 e. The summed E-state index contributed by atoms with van der Waals surface area (Å²) in [4.78, 5) is 38.1. The monoisotopic (exact) mass is 544 g/mol.